The van der Waals surface area contributed by atoms with Crippen LogP contribution in [0.5, 0.6) is 5.75 Å². The second-order valence-corrected chi connectivity index (χ2v) is 7.65. The number of hydrazone groups is 1. The topological polar surface area (TPSA) is 78.1 Å². The van der Waals surface area contributed by atoms with E-state index >= 15 is 0 Å². The Morgan fingerprint density at radius 3 is 2.79 bits per heavy atom. The van der Waals surface area contributed by atoms with Crippen LogP contribution in [0.15, 0.2) is 70.3 Å². The van der Waals surface area contributed by atoms with E-state index in [0.717, 1.165) is 29.0 Å². The zero-order valence-corrected chi connectivity index (χ0v) is 16.8. The van der Waals surface area contributed by atoms with Gasteiger partial charge in [0.25, 0.3) is 5.91 Å². The van der Waals surface area contributed by atoms with Gasteiger partial charge in [0.1, 0.15) is 17.4 Å². The van der Waals surface area contributed by atoms with Crippen LogP contribution in [-0.2, 0) is 11.4 Å². The molecule has 29 heavy (non-hydrogen) atoms. The maximum Gasteiger partial charge on any atom is 0.283 e. The van der Waals surface area contributed by atoms with Crippen LogP contribution in [0.25, 0.3) is 6.08 Å². The predicted octanol–water partition coefficient (Wildman–Crippen LogP) is 4.68. The third-order valence-corrected chi connectivity index (χ3v) is 5.35. The molecule has 2 aromatic carbocycles. The first-order valence-electron chi connectivity index (χ1n) is 9.40. The molecule has 2 aliphatic rings. The first-order valence-corrected chi connectivity index (χ1v) is 10.2. The van der Waals surface area contributed by atoms with Crippen molar-refractivity contribution in [2.24, 2.45) is 10.1 Å². The molecule has 0 radical (unpaired) electrons. The van der Waals surface area contributed by atoms with Crippen LogP contribution in [0.3, 0.4) is 0 Å². The molecule has 6 nitrogen and oxygen atoms in total. The molecule has 0 bridgehead atoms. The van der Waals surface area contributed by atoms with Gasteiger partial charge in [0, 0.05) is 0 Å². The maximum absolute atomic E-state index is 12.5. The highest BCUT2D eigenvalue weighted by Gasteiger charge is 2.35. The first-order chi connectivity index (χ1) is 14.1. The molecule has 146 valence electrons. The summed E-state index contributed by atoms with van der Waals surface area (Å²) < 4.78 is 5.85. The highest BCUT2D eigenvalue weighted by Crippen LogP contribution is 2.30. The van der Waals surface area contributed by atoms with Crippen LogP contribution < -0.4 is 4.74 Å². The van der Waals surface area contributed by atoms with Gasteiger partial charge < -0.3 is 4.74 Å². The maximum atomic E-state index is 12.5. The van der Waals surface area contributed by atoms with E-state index in [1.807, 2.05) is 54.6 Å². The Morgan fingerprint density at radius 1 is 1.17 bits per heavy atom. The number of amides is 1. The summed E-state index contributed by atoms with van der Waals surface area (Å²) in [5.41, 5.74) is 2.07. The predicted molar refractivity (Wildman–Crippen MR) is 117 cm³/mol. The summed E-state index contributed by atoms with van der Waals surface area (Å²) in [5.74, 6) is 0.327. The summed E-state index contributed by atoms with van der Waals surface area (Å²) in [6.07, 6.45) is 3.42. The zero-order chi connectivity index (χ0) is 20.2. The number of aliphatic imine (C=N–C) groups is 1. The zero-order valence-electron chi connectivity index (χ0n) is 16.0. The average molecular weight is 404 g/mol. The number of carbonyl (C=O) groups excluding carboxylic acids is 1. The molecule has 0 saturated carbocycles. The van der Waals surface area contributed by atoms with Crippen molar-refractivity contribution in [3.63, 3.8) is 0 Å². The highest BCUT2D eigenvalue weighted by molar-refractivity contribution is 8.26. The van der Waals surface area contributed by atoms with Gasteiger partial charge in [0.2, 0.25) is 5.17 Å². The smallest absolute Gasteiger partial charge is 0.283 e. The molecule has 0 saturated heterocycles. The molecule has 0 unspecified atom stereocenters. The Morgan fingerprint density at radius 2 is 2.00 bits per heavy atom. The van der Waals surface area contributed by atoms with Gasteiger partial charge in [0.05, 0.1) is 5.57 Å². The van der Waals surface area contributed by atoms with Crippen LogP contribution >= 0.6 is 11.8 Å². The van der Waals surface area contributed by atoms with Crippen LogP contribution in [0.2, 0.25) is 0 Å². The molecule has 2 heterocycles. The monoisotopic (exact) mass is 404 g/mol. The lowest BCUT2D eigenvalue weighted by molar-refractivity contribution is -0.114. The lowest BCUT2D eigenvalue weighted by atomic mass is 10.1. The Labute approximate surface area is 173 Å². The number of amidine groups is 2. The molecule has 4 rings (SSSR count). The highest BCUT2D eigenvalue weighted by atomic mass is 32.2. The molecule has 0 aromatic heterocycles. The van der Waals surface area contributed by atoms with E-state index in [2.05, 4.69) is 17.0 Å². The van der Waals surface area contributed by atoms with Crippen molar-refractivity contribution < 1.29 is 9.53 Å². The molecule has 7 heteroatoms. The summed E-state index contributed by atoms with van der Waals surface area (Å²) in [5, 5.41) is 15.6. The summed E-state index contributed by atoms with van der Waals surface area (Å²) in [4.78, 5) is 16.6. The fourth-order valence-corrected chi connectivity index (χ4v) is 3.93. The van der Waals surface area contributed by atoms with Crippen LogP contribution in [-0.4, -0.2) is 27.0 Å². The van der Waals surface area contributed by atoms with E-state index in [1.54, 1.807) is 6.08 Å². The Balaban J connectivity index is 1.53. The van der Waals surface area contributed by atoms with Gasteiger partial charge in [-0.1, -0.05) is 49.4 Å². The number of nitrogens with zero attached hydrogens (tertiary/aromatic N) is 3. The van der Waals surface area contributed by atoms with Gasteiger partial charge in [-0.25, -0.2) is 0 Å². The molecule has 1 N–H and O–H groups in total. The van der Waals surface area contributed by atoms with Gasteiger partial charge in [-0.15, -0.1) is 0 Å². The number of carbonyl (C=O) groups is 1. The number of ether oxygens (including phenoxy) is 1. The largest absolute Gasteiger partial charge is 0.489 e. The molecule has 0 aliphatic carbocycles. The van der Waals surface area contributed by atoms with E-state index < -0.39 is 5.91 Å². The third kappa shape index (κ3) is 4.30. The minimum Gasteiger partial charge on any atom is -0.489 e. The summed E-state index contributed by atoms with van der Waals surface area (Å²) in [6, 6.07) is 17.4. The Bertz CT molecular complexity index is 1040. The lowest BCUT2D eigenvalue weighted by Gasteiger charge is -2.20. The Hall–Kier alpha value is -3.19. The number of nitrogens with one attached hydrogen (secondary N) is 1. The molecular weight excluding hydrogens is 384 g/mol. The number of hydrogen-bond acceptors (Lipinski definition) is 5. The second kappa shape index (κ2) is 8.45. The standard InChI is InChI=1S/C22H20N4O2S/c1-2-7-19-25-26-20(23)18(21(27)24-22(26)29-19)13-16-10-6-11-17(12-16)28-14-15-8-4-3-5-9-15/h3-6,8-13,23H,2,7,14H2,1H3. The minimum atomic E-state index is -0.419. The van der Waals surface area contributed by atoms with Gasteiger partial charge >= 0.3 is 0 Å². The van der Waals surface area contributed by atoms with Gasteiger partial charge in [0.15, 0.2) is 5.84 Å². The molecule has 2 aliphatic heterocycles. The van der Waals surface area contributed by atoms with E-state index in [4.69, 9.17) is 10.1 Å². The average Bonchev–Trinajstić information content (AvgIpc) is 3.13. The number of hydrogen-bond donors (Lipinski definition) is 1. The van der Waals surface area contributed by atoms with Crippen LogP contribution in [0.4, 0.5) is 0 Å². The fourth-order valence-electron chi connectivity index (χ4n) is 2.95. The van der Waals surface area contributed by atoms with E-state index in [0.29, 0.717) is 17.5 Å². The fraction of sp³-hybridized carbons (Fsp3) is 0.182. The minimum absolute atomic E-state index is 0.0502. The van der Waals surface area contributed by atoms with E-state index in [1.165, 1.54) is 16.8 Å². The first kappa shape index (κ1) is 19.1. The van der Waals surface area contributed by atoms with Crippen molar-refractivity contribution in [1.29, 1.82) is 5.41 Å². The number of benzene rings is 2. The second-order valence-electron chi connectivity index (χ2n) is 6.61. The summed E-state index contributed by atoms with van der Waals surface area (Å²) in [7, 11) is 0. The van der Waals surface area contributed by atoms with E-state index in [-0.39, 0.29) is 11.4 Å². The molecule has 1 amide bonds. The van der Waals surface area contributed by atoms with Crippen molar-refractivity contribution in [3.8, 4) is 5.75 Å². The van der Waals surface area contributed by atoms with Gasteiger partial charge in [-0.05, 0) is 53.9 Å². The molecule has 0 spiro atoms. The van der Waals surface area contributed by atoms with Crippen LogP contribution in [0, 0.1) is 5.41 Å². The van der Waals surface area contributed by atoms with Gasteiger partial charge in [-0.3, -0.25) is 10.2 Å². The lowest BCUT2D eigenvalue weighted by Crippen LogP contribution is -2.35. The van der Waals surface area contributed by atoms with Crippen molar-refractivity contribution >= 4 is 39.8 Å². The Kier molecular flexibility index (Phi) is 5.57. The van der Waals surface area contributed by atoms with E-state index in [9.17, 15) is 4.79 Å². The number of rotatable bonds is 6. The molecular formula is C22H20N4O2S. The molecule has 0 fully saturated rings. The van der Waals surface area contributed by atoms with Crippen molar-refractivity contribution in [2.75, 3.05) is 0 Å². The normalized spacial score (nSPS) is 17.3. The van der Waals surface area contributed by atoms with Crippen molar-refractivity contribution in [1.82, 2.24) is 5.01 Å². The summed E-state index contributed by atoms with van der Waals surface area (Å²) >= 11 is 1.36. The molecule has 0 atom stereocenters. The SMILES string of the molecule is CCCC1=NN2C(=N)C(=Cc3cccc(OCc4ccccc4)c3)C(=O)N=C2S1. The van der Waals surface area contributed by atoms with Crippen molar-refractivity contribution in [3.05, 3.63) is 71.3 Å². The van der Waals surface area contributed by atoms with Crippen molar-refractivity contribution in [2.45, 2.75) is 26.4 Å². The molecule has 2 aromatic rings. The number of fused-ring (bicyclic) bond motifs is 1. The quantitative estimate of drug-likeness (QED) is 0.709. The number of thioether (sulfide) groups is 1. The van der Waals surface area contributed by atoms with Gasteiger partial charge in [-0.2, -0.15) is 15.1 Å². The van der Waals surface area contributed by atoms with Crippen LogP contribution in [0.1, 0.15) is 30.9 Å². The third-order valence-electron chi connectivity index (χ3n) is 4.38. The summed E-state index contributed by atoms with van der Waals surface area (Å²) in [6.45, 7) is 2.53.